The molecule has 0 saturated heterocycles. The first-order valence-corrected chi connectivity index (χ1v) is 8.57. The van der Waals surface area contributed by atoms with Crippen LogP contribution in [-0.4, -0.2) is 19.8 Å². The Morgan fingerprint density at radius 2 is 1.86 bits per heavy atom. The summed E-state index contributed by atoms with van der Waals surface area (Å²) in [6, 6.07) is 11.3. The van der Waals surface area contributed by atoms with Crippen molar-refractivity contribution in [2.75, 3.05) is 0 Å². The first-order chi connectivity index (χ1) is 13.3. The van der Waals surface area contributed by atoms with Gasteiger partial charge < -0.3 is 5.73 Å². The second-order valence-electron chi connectivity index (χ2n) is 6.11. The Hall–Kier alpha value is -3.66. The van der Waals surface area contributed by atoms with Gasteiger partial charge in [-0.1, -0.05) is 17.7 Å². The summed E-state index contributed by atoms with van der Waals surface area (Å²) in [5.41, 5.74) is 8.38. The molecule has 0 aliphatic heterocycles. The van der Waals surface area contributed by atoms with Crippen LogP contribution < -0.4 is 11.3 Å². The lowest BCUT2D eigenvalue weighted by Gasteiger charge is -2.01. The maximum Gasteiger partial charge on any atom is 0.301 e. The molecule has 1 heterocycles. The summed E-state index contributed by atoms with van der Waals surface area (Å²) in [5, 5.41) is 21.8. The van der Waals surface area contributed by atoms with E-state index in [1.54, 1.807) is 6.07 Å². The van der Waals surface area contributed by atoms with Gasteiger partial charge in [0.25, 0.3) is 5.69 Å². The third-order valence-corrected chi connectivity index (χ3v) is 4.25. The highest BCUT2D eigenvalue weighted by atomic mass is 32.1. The number of rotatable bonds is 4. The van der Waals surface area contributed by atoms with E-state index in [9.17, 15) is 14.9 Å². The molecule has 0 aliphatic carbocycles. The van der Waals surface area contributed by atoms with E-state index in [1.165, 1.54) is 24.3 Å². The summed E-state index contributed by atoms with van der Waals surface area (Å²) in [4.78, 5) is 23.0. The molecule has 1 aromatic heterocycles. The second kappa shape index (κ2) is 7.53. The zero-order valence-electron chi connectivity index (χ0n) is 15.0. The number of thiocarbonyl (C=S) groups is 1. The van der Waals surface area contributed by atoms with Crippen LogP contribution in [-0.2, 0) is 0 Å². The minimum atomic E-state index is -0.561. The Labute approximate surface area is 164 Å². The van der Waals surface area contributed by atoms with E-state index >= 15 is 0 Å². The molecule has 0 saturated carbocycles. The van der Waals surface area contributed by atoms with Gasteiger partial charge in [-0.05, 0) is 49.8 Å². The fourth-order valence-corrected chi connectivity index (χ4v) is 2.78. The molecule has 0 atom stereocenters. The van der Waals surface area contributed by atoms with Crippen molar-refractivity contribution in [3.05, 3.63) is 74.1 Å². The SMILES string of the molecule is Cc1ccc(N=Nc2c(-c3ccc([N+](=O)[O-])cc3)[nH]n(C(N)=S)c2=O)c(C)c1. The molecule has 0 unspecified atom stereocenters. The number of nitrogens with zero attached hydrogens (tertiary/aromatic N) is 4. The maximum atomic E-state index is 12.6. The van der Waals surface area contributed by atoms with E-state index < -0.39 is 10.5 Å². The number of azo groups is 1. The number of H-pyrrole nitrogens is 1. The van der Waals surface area contributed by atoms with Crippen LogP contribution >= 0.6 is 12.2 Å². The monoisotopic (exact) mass is 396 g/mol. The minimum absolute atomic E-state index is 0.00151. The van der Waals surface area contributed by atoms with Gasteiger partial charge in [-0.3, -0.25) is 20.0 Å². The van der Waals surface area contributed by atoms with E-state index in [0.29, 0.717) is 16.9 Å². The molecule has 0 spiro atoms. The van der Waals surface area contributed by atoms with E-state index in [1.807, 2.05) is 26.0 Å². The van der Waals surface area contributed by atoms with Gasteiger partial charge >= 0.3 is 5.56 Å². The highest BCUT2D eigenvalue weighted by Gasteiger charge is 2.18. The molecule has 0 bridgehead atoms. The summed E-state index contributed by atoms with van der Waals surface area (Å²) in [7, 11) is 0. The van der Waals surface area contributed by atoms with Crippen LogP contribution in [0.4, 0.5) is 17.1 Å². The van der Waals surface area contributed by atoms with Gasteiger partial charge in [0, 0.05) is 17.7 Å². The summed E-state index contributed by atoms with van der Waals surface area (Å²) in [6.07, 6.45) is 0. The van der Waals surface area contributed by atoms with Gasteiger partial charge in [0.15, 0.2) is 10.8 Å². The summed E-state index contributed by atoms with van der Waals surface area (Å²) < 4.78 is 0.975. The molecule has 3 aromatic rings. The van der Waals surface area contributed by atoms with Crippen molar-refractivity contribution in [3.8, 4) is 11.3 Å². The predicted octanol–water partition coefficient (Wildman–Crippen LogP) is 3.88. The summed E-state index contributed by atoms with van der Waals surface area (Å²) in [6.45, 7) is 3.86. The fraction of sp³-hybridized carbons (Fsp3) is 0.111. The lowest BCUT2D eigenvalue weighted by molar-refractivity contribution is -0.384. The number of nitrogens with one attached hydrogen (secondary N) is 1. The molecule has 0 fully saturated rings. The number of nitro groups is 1. The van der Waals surface area contributed by atoms with Crippen LogP contribution in [0.1, 0.15) is 11.1 Å². The smallest absolute Gasteiger partial charge is 0.301 e. The maximum absolute atomic E-state index is 12.6. The lowest BCUT2D eigenvalue weighted by atomic mass is 10.1. The molecule has 28 heavy (non-hydrogen) atoms. The first-order valence-electron chi connectivity index (χ1n) is 8.16. The van der Waals surface area contributed by atoms with Gasteiger partial charge in [-0.25, -0.2) is 0 Å². The van der Waals surface area contributed by atoms with Crippen molar-refractivity contribution < 1.29 is 4.92 Å². The number of non-ortho nitro benzene ring substituents is 1. The lowest BCUT2D eigenvalue weighted by Crippen LogP contribution is -2.29. The van der Waals surface area contributed by atoms with Crippen LogP contribution in [0.5, 0.6) is 0 Å². The highest BCUT2D eigenvalue weighted by Crippen LogP contribution is 2.29. The molecule has 9 nitrogen and oxygen atoms in total. The summed E-state index contributed by atoms with van der Waals surface area (Å²) >= 11 is 4.89. The van der Waals surface area contributed by atoms with E-state index in [4.69, 9.17) is 18.0 Å². The van der Waals surface area contributed by atoms with E-state index in [0.717, 1.165) is 15.8 Å². The first kappa shape index (κ1) is 19.1. The molecule has 0 radical (unpaired) electrons. The Morgan fingerprint density at radius 3 is 2.43 bits per heavy atom. The Bertz CT molecular complexity index is 1160. The molecule has 0 aliphatic rings. The number of hydrogen-bond acceptors (Lipinski definition) is 6. The van der Waals surface area contributed by atoms with Crippen LogP contribution in [0, 0.1) is 24.0 Å². The molecule has 10 heteroatoms. The predicted molar refractivity (Wildman–Crippen MR) is 109 cm³/mol. The van der Waals surface area contributed by atoms with Crippen molar-refractivity contribution in [1.29, 1.82) is 0 Å². The van der Waals surface area contributed by atoms with Gasteiger partial charge in [-0.15, -0.1) is 5.11 Å². The zero-order valence-corrected chi connectivity index (χ0v) is 15.9. The van der Waals surface area contributed by atoms with E-state index in [2.05, 4.69) is 15.3 Å². The van der Waals surface area contributed by atoms with Gasteiger partial charge in [0.2, 0.25) is 0 Å². The minimum Gasteiger partial charge on any atom is -0.374 e. The second-order valence-corrected chi connectivity index (χ2v) is 6.53. The average molecular weight is 396 g/mol. The number of aromatic amines is 1. The molecule has 2 aromatic carbocycles. The number of aryl methyl sites for hydroxylation is 2. The number of hydrogen-bond donors (Lipinski definition) is 2. The molecule has 3 rings (SSSR count). The molecular formula is C18H16N6O3S. The fourth-order valence-electron chi connectivity index (χ4n) is 2.65. The number of nitrogens with two attached hydrogens (primary N) is 1. The third kappa shape index (κ3) is 3.71. The average Bonchev–Trinajstić information content (AvgIpc) is 2.98. The van der Waals surface area contributed by atoms with Crippen LogP contribution in [0.15, 0.2) is 57.5 Å². The Morgan fingerprint density at radius 1 is 1.18 bits per heavy atom. The molecular weight excluding hydrogens is 380 g/mol. The Balaban J connectivity index is 2.11. The van der Waals surface area contributed by atoms with Crippen LogP contribution in [0.3, 0.4) is 0 Å². The van der Waals surface area contributed by atoms with Crippen molar-refractivity contribution in [2.45, 2.75) is 13.8 Å². The number of aromatic nitrogens is 2. The van der Waals surface area contributed by atoms with Gasteiger partial charge in [0.05, 0.1) is 16.3 Å². The number of nitro benzene ring substituents is 1. The van der Waals surface area contributed by atoms with Gasteiger partial charge in [-0.2, -0.15) is 9.80 Å². The van der Waals surface area contributed by atoms with Crippen molar-refractivity contribution in [2.24, 2.45) is 16.0 Å². The van der Waals surface area contributed by atoms with Crippen molar-refractivity contribution in [1.82, 2.24) is 9.78 Å². The van der Waals surface area contributed by atoms with E-state index in [-0.39, 0.29) is 16.5 Å². The molecule has 0 amide bonds. The van der Waals surface area contributed by atoms with Crippen LogP contribution in [0.25, 0.3) is 11.3 Å². The summed E-state index contributed by atoms with van der Waals surface area (Å²) in [5.74, 6) is 0. The topological polar surface area (TPSA) is 132 Å². The standard InChI is InChI=1S/C18H16N6O3S/c1-10-3-8-14(11(2)9-10)20-21-16-15(22-23(17(16)25)18(19)28)12-4-6-13(7-5-12)24(26)27/h3-9,22H,1-2H3,(H2,19,28). The zero-order chi connectivity index (χ0) is 20.4. The number of benzene rings is 2. The Kier molecular flexibility index (Phi) is 5.14. The normalized spacial score (nSPS) is 11.1. The van der Waals surface area contributed by atoms with Crippen LogP contribution in [0.2, 0.25) is 0 Å². The molecule has 3 N–H and O–H groups in total. The highest BCUT2D eigenvalue weighted by molar-refractivity contribution is 7.80. The van der Waals surface area contributed by atoms with Crippen molar-refractivity contribution in [3.63, 3.8) is 0 Å². The van der Waals surface area contributed by atoms with Gasteiger partial charge in [0.1, 0.15) is 0 Å². The third-order valence-electron chi connectivity index (χ3n) is 4.06. The largest absolute Gasteiger partial charge is 0.374 e. The molecule has 142 valence electrons. The quantitative estimate of drug-likeness (QED) is 0.299. The van der Waals surface area contributed by atoms with Crippen molar-refractivity contribution >= 4 is 34.4 Å².